The number of carboxylic acids is 1. The fourth-order valence-electron chi connectivity index (χ4n) is 0.920. The van der Waals surface area contributed by atoms with E-state index in [2.05, 4.69) is 31.9 Å². The van der Waals surface area contributed by atoms with Gasteiger partial charge in [-0.2, -0.15) is 0 Å². The van der Waals surface area contributed by atoms with Gasteiger partial charge in [0, 0.05) is 6.08 Å². The van der Waals surface area contributed by atoms with Crippen LogP contribution >= 0.6 is 31.9 Å². The first-order valence-corrected chi connectivity index (χ1v) is 5.72. The highest BCUT2D eigenvalue weighted by atomic mass is 79.9. The smallest absolute Gasteiger partial charge is 0.328 e. The Morgan fingerprint density at radius 3 is 2.29 bits per heavy atom. The molecule has 2 nitrogen and oxygen atoms in total. The molecule has 0 saturated heterocycles. The summed E-state index contributed by atoms with van der Waals surface area (Å²) >= 11 is 6.75. The lowest BCUT2D eigenvalue weighted by Crippen LogP contribution is -1.86. The predicted octanol–water partition coefficient (Wildman–Crippen LogP) is 3.57. The molecule has 0 atom stereocenters. The van der Waals surface area contributed by atoms with Crippen LogP contribution < -0.4 is 0 Å². The molecule has 1 aromatic rings. The molecule has 1 N–H and O–H groups in total. The molecular weight excluding hydrogens is 312 g/mol. The first-order chi connectivity index (χ1) is 6.59. The Morgan fingerprint density at radius 2 is 1.86 bits per heavy atom. The minimum Gasteiger partial charge on any atom is -0.478 e. The van der Waals surface area contributed by atoms with Gasteiger partial charge >= 0.3 is 5.97 Å². The van der Waals surface area contributed by atoms with E-state index in [1.807, 2.05) is 24.3 Å². The standard InChI is InChI=1S/C10H8Br2O2/c11-10(12)8-4-1-7(2-5-8)3-6-9(13)14/h1-6,10H,(H,13,14)/b6-3+. The molecule has 1 rings (SSSR count). The lowest BCUT2D eigenvalue weighted by molar-refractivity contribution is -0.131. The Hall–Kier alpha value is -0.610. The first-order valence-electron chi connectivity index (χ1n) is 3.88. The van der Waals surface area contributed by atoms with E-state index in [1.165, 1.54) is 0 Å². The maximum atomic E-state index is 10.2. The second-order valence-corrected chi connectivity index (χ2v) is 5.70. The number of aliphatic carboxylic acids is 1. The van der Waals surface area contributed by atoms with Gasteiger partial charge in [-0.05, 0) is 17.2 Å². The van der Waals surface area contributed by atoms with Crippen LogP contribution in [0, 0.1) is 0 Å². The fraction of sp³-hybridized carbons (Fsp3) is 0.100. The third-order valence-electron chi connectivity index (χ3n) is 1.61. The maximum Gasteiger partial charge on any atom is 0.328 e. The van der Waals surface area contributed by atoms with Crippen molar-refractivity contribution in [2.45, 2.75) is 3.74 Å². The zero-order valence-electron chi connectivity index (χ0n) is 7.15. The topological polar surface area (TPSA) is 37.3 Å². The van der Waals surface area contributed by atoms with E-state index in [1.54, 1.807) is 6.08 Å². The van der Waals surface area contributed by atoms with E-state index < -0.39 is 5.97 Å². The fourth-order valence-corrected chi connectivity index (χ4v) is 1.53. The molecule has 0 saturated carbocycles. The molecule has 4 heteroatoms. The average Bonchev–Trinajstić information content (AvgIpc) is 2.15. The van der Waals surface area contributed by atoms with Crippen LogP contribution in [0.25, 0.3) is 6.08 Å². The molecule has 0 aliphatic rings. The van der Waals surface area contributed by atoms with Crippen molar-refractivity contribution >= 4 is 43.9 Å². The predicted molar refractivity (Wildman–Crippen MR) is 63.7 cm³/mol. The molecule has 0 aliphatic heterocycles. The molecule has 0 bridgehead atoms. The SMILES string of the molecule is O=C(O)/C=C/c1ccc(C(Br)Br)cc1. The Morgan fingerprint density at radius 1 is 1.29 bits per heavy atom. The normalized spacial score (nSPS) is 11.1. The molecule has 0 aliphatic carbocycles. The summed E-state index contributed by atoms with van der Waals surface area (Å²) in [6.45, 7) is 0. The van der Waals surface area contributed by atoms with Crippen LogP contribution in [0.1, 0.15) is 14.9 Å². The van der Waals surface area contributed by atoms with Gasteiger partial charge < -0.3 is 5.11 Å². The molecule has 14 heavy (non-hydrogen) atoms. The van der Waals surface area contributed by atoms with E-state index in [0.29, 0.717) is 0 Å². The minimum absolute atomic E-state index is 0.132. The summed E-state index contributed by atoms with van der Waals surface area (Å²) in [4.78, 5) is 10.2. The summed E-state index contributed by atoms with van der Waals surface area (Å²) in [5.74, 6) is -0.937. The highest BCUT2D eigenvalue weighted by molar-refractivity contribution is 9.24. The van der Waals surface area contributed by atoms with Crippen molar-refractivity contribution in [1.82, 2.24) is 0 Å². The molecule has 0 unspecified atom stereocenters. The van der Waals surface area contributed by atoms with Crippen molar-refractivity contribution in [2.75, 3.05) is 0 Å². The molecule has 0 aromatic heterocycles. The van der Waals surface area contributed by atoms with Crippen molar-refractivity contribution in [3.05, 3.63) is 41.5 Å². The van der Waals surface area contributed by atoms with Crippen molar-refractivity contribution in [2.24, 2.45) is 0 Å². The maximum absolute atomic E-state index is 10.2. The van der Waals surface area contributed by atoms with Gasteiger partial charge in [0.25, 0.3) is 0 Å². The van der Waals surface area contributed by atoms with Crippen LogP contribution in [-0.2, 0) is 4.79 Å². The Kier molecular flexibility index (Phi) is 4.35. The van der Waals surface area contributed by atoms with Crippen molar-refractivity contribution in [3.8, 4) is 0 Å². The number of hydrogen-bond donors (Lipinski definition) is 1. The minimum atomic E-state index is -0.937. The van der Waals surface area contributed by atoms with Gasteiger partial charge in [0.2, 0.25) is 0 Å². The third-order valence-corrected chi connectivity index (χ3v) is 2.66. The van der Waals surface area contributed by atoms with Crippen LogP contribution in [0.4, 0.5) is 0 Å². The van der Waals surface area contributed by atoms with Gasteiger partial charge in [-0.15, -0.1) is 0 Å². The van der Waals surface area contributed by atoms with Gasteiger partial charge in [-0.25, -0.2) is 4.79 Å². The van der Waals surface area contributed by atoms with Crippen molar-refractivity contribution in [1.29, 1.82) is 0 Å². The van der Waals surface area contributed by atoms with E-state index in [0.717, 1.165) is 17.2 Å². The molecule has 0 amide bonds. The van der Waals surface area contributed by atoms with Gasteiger partial charge in [0.1, 0.15) is 0 Å². The van der Waals surface area contributed by atoms with Gasteiger partial charge in [0.05, 0.1) is 3.74 Å². The van der Waals surface area contributed by atoms with Crippen molar-refractivity contribution in [3.63, 3.8) is 0 Å². The van der Waals surface area contributed by atoms with E-state index in [9.17, 15) is 4.79 Å². The number of carboxylic acid groups (broad SMARTS) is 1. The molecule has 74 valence electrons. The molecule has 0 heterocycles. The Balaban J connectivity index is 2.78. The van der Waals surface area contributed by atoms with Gasteiger partial charge in [0.15, 0.2) is 0 Å². The second kappa shape index (κ2) is 5.32. The molecule has 0 radical (unpaired) electrons. The van der Waals surface area contributed by atoms with Crippen molar-refractivity contribution < 1.29 is 9.90 Å². The van der Waals surface area contributed by atoms with Crippen LogP contribution in [-0.4, -0.2) is 11.1 Å². The second-order valence-electron chi connectivity index (χ2n) is 2.64. The molecule has 0 spiro atoms. The number of hydrogen-bond acceptors (Lipinski definition) is 1. The van der Waals surface area contributed by atoms with Gasteiger partial charge in [-0.1, -0.05) is 56.1 Å². The summed E-state index contributed by atoms with van der Waals surface area (Å²) in [5.41, 5.74) is 1.97. The monoisotopic (exact) mass is 318 g/mol. The van der Waals surface area contributed by atoms with E-state index in [4.69, 9.17) is 5.11 Å². The highest BCUT2D eigenvalue weighted by Crippen LogP contribution is 2.28. The summed E-state index contributed by atoms with van der Waals surface area (Å²) in [6, 6.07) is 7.58. The molecule has 0 fully saturated rings. The molecular formula is C10H8Br2O2. The number of halogens is 2. The zero-order chi connectivity index (χ0) is 10.6. The summed E-state index contributed by atoms with van der Waals surface area (Å²) < 4.78 is 0.132. The Bertz CT molecular complexity index is 342. The first kappa shape index (κ1) is 11.5. The van der Waals surface area contributed by atoms with E-state index >= 15 is 0 Å². The highest BCUT2D eigenvalue weighted by Gasteiger charge is 2.00. The van der Waals surface area contributed by atoms with E-state index in [-0.39, 0.29) is 3.74 Å². The van der Waals surface area contributed by atoms with Crippen LogP contribution in [0.15, 0.2) is 30.3 Å². The third kappa shape index (κ3) is 3.64. The Labute approximate surface area is 98.9 Å². The lowest BCUT2D eigenvalue weighted by atomic mass is 10.1. The van der Waals surface area contributed by atoms with Crippen LogP contribution in [0.3, 0.4) is 0 Å². The largest absolute Gasteiger partial charge is 0.478 e. The number of rotatable bonds is 3. The summed E-state index contributed by atoms with van der Waals surface area (Å²) in [5, 5.41) is 8.42. The number of alkyl halides is 2. The lowest BCUT2D eigenvalue weighted by Gasteiger charge is -2.01. The summed E-state index contributed by atoms with van der Waals surface area (Å²) in [6.07, 6.45) is 2.68. The van der Waals surface area contributed by atoms with Crippen LogP contribution in [0.5, 0.6) is 0 Å². The average molecular weight is 320 g/mol. The number of benzene rings is 1. The quantitative estimate of drug-likeness (QED) is 0.683. The van der Waals surface area contributed by atoms with Crippen LogP contribution in [0.2, 0.25) is 0 Å². The number of carbonyl (C=O) groups is 1. The zero-order valence-corrected chi connectivity index (χ0v) is 10.3. The molecule has 1 aromatic carbocycles. The van der Waals surface area contributed by atoms with Gasteiger partial charge in [-0.3, -0.25) is 0 Å². The summed E-state index contributed by atoms with van der Waals surface area (Å²) in [7, 11) is 0.